The number of nitrogens with zero attached hydrogens (tertiary/aromatic N) is 2. The molecule has 0 atom stereocenters. The SMILES string of the molecule is CCNc1ccc(Cl)c(C(=O)NCc2ccon2)n1. The molecule has 19 heavy (non-hydrogen) atoms. The summed E-state index contributed by atoms with van der Waals surface area (Å²) in [6.07, 6.45) is 1.44. The van der Waals surface area contributed by atoms with Crippen molar-refractivity contribution >= 4 is 23.3 Å². The Kier molecular flexibility index (Phi) is 4.35. The van der Waals surface area contributed by atoms with Crippen molar-refractivity contribution in [2.24, 2.45) is 0 Å². The van der Waals surface area contributed by atoms with Crippen molar-refractivity contribution in [2.45, 2.75) is 13.5 Å². The first-order valence-electron chi connectivity index (χ1n) is 5.78. The van der Waals surface area contributed by atoms with E-state index in [0.717, 1.165) is 0 Å². The summed E-state index contributed by atoms with van der Waals surface area (Å²) in [6.45, 7) is 2.92. The second kappa shape index (κ2) is 6.19. The van der Waals surface area contributed by atoms with Crippen molar-refractivity contribution in [3.63, 3.8) is 0 Å². The monoisotopic (exact) mass is 280 g/mol. The Morgan fingerprint density at radius 2 is 2.26 bits per heavy atom. The third-order valence-corrected chi connectivity index (χ3v) is 2.65. The number of hydrogen-bond donors (Lipinski definition) is 2. The maximum absolute atomic E-state index is 12.0. The lowest BCUT2D eigenvalue weighted by atomic mass is 10.3. The van der Waals surface area contributed by atoms with Crippen LogP contribution >= 0.6 is 11.6 Å². The maximum atomic E-state index is 12.0. The highest BCUT2D eigenvalue weighted by Gasteiger charge is 2.13. The number of hydrogen-bond acceptors (Lipinski definition) is 5. The lowest BCUT2D eigenvalue weighted by Gasteiger charge is -2.07. The van der Waals surface area contributed by atoms with E-state index in [1.807, 2.05) is 6.92 Å². The molecule has 0 saturated heterocycles. The molecule has 6 nitrogen and oxygen atoms in total. The molecule has 0 saturated carbocycles. The number of anilines is 1. The molecule has 100 valence electrons. The minimum absolute atomic E-state index is 0.184. The molecule has 2 heterocycles. The van der Waals surface area contributed by atoms with Gasteiger partial charge in [0.05, 0.1) is 11.6 Å². The van der Waals surface area contributed by atoms with Gasteiger partial charge in [-0.1, -0.05) is 16.8 Å². The lowest BCUT2D eigenvalue weighted by Crippen LogP contribution is -2.24. The maximum Gasteiger partial charge on any atom is 0.271 e. The van der Waals surface area contributed by atoms with Crippen LogP contribution in [0.5, 0.6) is 0 Å². The first-order chi connectivity index (χ1) is 9.20. The molecule has 0 unspecified atom stereocenters. The minimum Gasteiger partial charge on any atom is -0.370 e. The molecule has 0 aliphatic carbocycles. The van der Waals surface area contributed by atoms with Crippen LogP contribution in [0.15, 0.2) is 29.0 Å². The number of rotatable bonds is 5. The van der Waals surface area contributed by atoms with Crippen molar-refractivity contribution in [1.29, 1.82) is 0 Å². The van der Waals surface area contributed by atoms with E-state index in [1.54, 1.807) is 18.2 Å². The van der Waals surface area contributed by atoms with Gasteiger partial charge >= 0.3 is 0 Å². The number of carbonyl (C=O) groups excluding carboxylic acids is 1. The number of carbonyl (C=O) groups is 1. The van der Waals surface area contributed by atoms with Crippen LogP contribution in [0.25, 0.3) is 0 Å². The molecule has 0 aliphatic heterocycles. The topological polar surface area (TPSA) is 80.0 Å². The summed E-state index contributed by atoms with van der Waals surface area (Å²) in [7, 11) is 0. The second-order valence-corrected chi connectivity index (χ2v) is 4.14. The van der Waals surface area contributed by atoms with E-state index in [9.17, 15) is 4.79 Å². The third-order valence-electron chi connectivity index (χ3n) is 2.34. The summed E-state index contributed by atoms with van der Waals surface area (Å²) >= 11 is 5.97. The molecular weight excluding hydrogens is 268 g/mol. The molecule has 2 aromatic heterocycles. The third kappa shape index (κ3) is 3.45. The van der Waals surface area contributed by atoms with Crippen molar-refractivity contribution in [3.8, 4) is 0 Å². The Bertz CT molecular complexity index is 557. The average Bonchev–Trinajstić information content (AvgIpc) is 2.92. The summed E-state index contributed by atoms with van der Waals surface area (Å²) < 4.78 is 4.67. The van der Waals surface area contributed by atoms with Crippen LogP contribution in [0.4, 0.5) is 5.82 Å². The van der Waals surface area contributed by atoms with Crippen molar-refractivity contribution < 1.29 is 9.32 Å². The van der Waals surface area contributed by atoms with Gasteiger partial charge in [-0.15, -0.1) is 0 Å². The quantitative estimate of drug-likeness (QED) is 0.876. The van der Waals surface area contributed by atoms with Crippen LogP contribution in [0.2, 0.25) is 5.02 Å². The van der Waals surface area contributed by atoms with Gasteiger partial charge < -0.3 is 15.2 Å². The van der Waals surface area contributed by atoms with E-state index in [2.05, 4.69) is 25.3 Å². The summed E-state index contributed by atoms with van der Waals surface area (Å²) in [5.41, 5.74) is 0.816. The molecule has 0 aromatic carbocycles. The molecular formula is C12H13ClN4O2. The zero-order valence-corrected chi connectivity index (χ0v) is 11.1. The highest BCUT2D eigenvalue weighted by atomic mass is 35.5. The Morgan fingerprint density at radius 3 is 2.95 bits per heavy atom. The van der Waals surface area contributed by atoms with Gasteiger partial charge in [-0.3, -0.25) is 4.79 Å². The van der Waals surface area contributed by atoms with Crippen molar-refractivity contribution in [3.05, 3.63) is 40.9 Å². The van der Waals surface area contributed by atoms with Crippen LogP contribution in [-0.2, 0) is 6.54 Å². The van der Waals surface area contributed by atoms with Gasteiger partial charge in [-0.05, 0) is 19.1 Å². The molecule has 0 spiro atoms. The zero-order valence-electron chi connectivity index (χ0n) is 10.3. The van der Waals surface area contributed by atoms with Gasteiger partial charge in [0.25, 0.3) is 5.91 Å². The van der Waals surface area contributed by atoms with Crippen molar-refractivity contribution in [1.82, 2.24) is 15.5 Å². The first kappa shape index (κ1) is 13.4. The number of pyridine rings is 1. The Balaban J connectivity index is 2.07. The van der Waals surface area contributed by atoms with E-state index in [4.69, 9.17) is 11.6 Å². The Hall–Kier alpha value is -2.08. The predicted octanol–water partition coefficient (Wildman–Crippen LogP) is 2.08. The molecule has 2 aromatic rings. The smallest absolute Gasteiger partial charge is 0.271 e. The summed E-state index contributed by atoms with van der Waals surface area (Å²) in [5.74, 6) is 0.256. The lowest BCUT2D eigenvalue weighted by molar-refractivity contribution is 0.0945. The largest absolute Gasteiger partial charge is 0.370 e. The molecule has 0 aliphatic rings. The van der Waals surface area contributed by atoms with E-state index in [1.165, 1.54) is 6.26 Å². The molecule has 1 amide bonds. The van der Waals surface area contributed by atoms with Gasteiger partial charge in [0.15, 0.2) is 0 Å². The standard InChI is InChI=1S/C12H13ClN4O2/c1-2-14-10-4-3-9(13)11(16-10)12(18)15-7-8-5-6-19-17-8/h3-6H,2,7H2,1H3,(H,14,16)(H,15,18). The predicted molar refractivity (Wildman–Crippen MR) is 71.1 cm³/mol. The fraction of sp³-hybridized carbons (Fsp3) is 0.250. The molecule has 7 heteroatoms. The summed E-state index contributed by atoms with van der Waals surface area (Å²) in [6, 6.07) is 5.03. The number of halogens is 1. The highest BCUT2D eigenvalue weighted by Crippen LogP contribution is 2.16. The van der Waals surface area contributed by atoms with Crippen LogP contribution in [-0.4, -0.2) is 22.6 Å². The van der Waals surface area contributed by atoms with Crippen LogP contribution in [0.1, 0.15) is 23.1 Å². The summed E-state index contributed by atoms with van der Waals surface area (Å²) in [4.78, 5) is 16.1. The van der Waals surface area contributed by atoms with E-state index < -0.39 is 0 Å². The highest BCUT2D eigenvalue weighted by molar-refractivity contribution is 6.33. The molecule has 0 fully saturated rings. The van der Waals surface area contributed by atoms with Gasteiger partial charge in [-0.25, -0.2) is 4.98 Å². The minimum atomic E-state index is -0.354. The Morgan fingerprint density at radius 1 is 1.42 bits per heavy atom. The van der Waals surface area contributed by atoms with Crippen LogP contribution < -0.4 is 10.6 Å². The van der Waals surface area contributed by atoms with Crippen LogP contribution in [0, 0.1) is 0 Å². The second-order valence-electron chi connectivity index (χ2n) is 3.73. The number of amides is 1. The number of aromatic nitrogens is 2. The number of nitrogens with one attached hydrogen (secondary N) is 2. The molecule has 2 rings (SSSR count). The van der Waals surface area contributed by atoms with E-state index in [0.29, 0.717) is 23.1 Å². The Labute approximate surface area is 115 Å². The first-order valence-corrected chi connectivity index (χ1v) is 6.16. The van der Waals surface area contributed by atoms with Gasteiger partial charge in [0.1, 0.15) is 23.5 Å². The normalized spacial score (nSPS) is 10.2. The van der Waals surface area contributed by atoms with E-state index >= 15 is 0 Å². The van der Waals surface area contributed by atoms with Crippen molar-refractivity contribution in [2.75, 3.05) is 11.9 Å². The average molecular weight is 281 g/mol. The van der Waals surface area contributed by atoms with Gasteiger partial charge in [0, 0.05) is 12.6 Å². The zero-order chi connectivity index (χ0) is 13.7. The summed E-state index contributed by atoms with van der Waals surface area (Å²) in [5, 5.41) is 9.70. The fourth-order valence-corrected chi connectivity index (χ4v) is 1.66. The molecule has 0 bridgehead atoms. The van der Waals surface area contributed by atoms with Crippen LogP contribution in [0.3, 0.4) is 0 Å². The van der Waals surface area contributed by atoms with Gasteiger partial charge in [0.2, 0.25) is 0 Å². The molecule has 0 radical (unpaired) electrons. The van der Waals surface area contributed by atoms with E-state index in [-0.39, 0.29) is 18.1 Å². The van der Waals surface area contributed by atoms with Gasteiger partial charge in [-0.2, -0.15) is 0 Å². The molecule has 2 N–H and O–H groups in total. The fourth-order valence-electron chi connectivity index (χ4n) is 1.46.